The highest BCUT2D eigenvalue weighted by atomic mass is 79.9. The number of aliphatic carboxylic acids is 1. The summed E-state index contributed by atoms with van der Waals surface area (Å²) in [6.45, 7) is 1.20. The first kappa shape index (κ1) is 14.1. The van der Waals surface area contributed by atoms with Crippen molar-refractivity contribution < 1.29 is 18.3 Å². The van der Waals surface area contributed by atoms with E-state index in [9.17, 15) is 13.2 Å². The van der Waals surface area contributed by atoms with Gasteiger partial charge < -0.3 is 5.11 Å². The van der Waals surface area contributed by atoms with Crippen LogP contribution in [0.2, 0.25) is 0 Å². The Morgan fingerprint density at radius 1 is 1.41 bits per heavy atom. The van der Waals surface area contributed by atoms with Gasteiger partial charge in [0.2, 0.25) is 10.0 Å². The number of sulfonamides is 1. The summed E-state index contributed by atoms with van der Waals surface area (Å²) in [6.07, 6.45) is 0. The number of hydrogen-bond donors (Lipinski definition) is 1. The van der Waals surface area contributed by atoms with Crippen LogP contribution in [0.1, 0.15) is 5.56 Å². The van der Waals surface area contributed by atoms with Gasteiger partial charge in [-0.3, -0.25) is 4.79 Å². The molecule has 0 amide bonds. The minimum absolute atomic E-state index is 0.0770. The van der Waals surface area contributed by atoms with Crippen LogP contribution < -0.4 is 0 Å². The molecule has 7 heteroatoms. The van der Waals surface area contributed by atoms with E-state index in [1.165, 1.54) is 19.2 Å². The minimum Gasteiger partial charge on any atom is -0.480 e. The maximum Gasteiger partial charge on any atom is 0.318 e. The zero-order chi connectivity index (χ0) is 13.2. The van der Waals surface area contributed by atoms with E-state index in [0.29, 0.717) is 4.47 Å². The number of nitrogens with zero attached hydrogens (tertiary/aromatic N) is 1. The fraction of sp³-hybridized carbons (Fsp3) is 0.300. The number of hydrogen-bond acceptors (Lipinski definition) is 3. The normalized spacial score (nSPS) is 11.8. The maximum absolute atomic E-state index is 12.0. The Balaban J connectivity index is 3.17. The largest absolute Gasteiger partial charge is 0.480 e. The fourth-order valence-corrected chi connectivity index (χ4v) is 3.32. The van der Waals surface area contributed by atoms with Gasteiger partial charge in [0.15, 0.2) is 0 Å². The number of carboxylic acids is 1. The van der Waals surface area contributed by atoms with Crippen molar-refractivity contribution in [3.8, 4) is 0 Å². The molecule has 0 radical (unpaired) electrons. The molecule has 0 aliphatic carbocycles. The van der Waals surface area contributed by atoms with Gasteiger partial charge in [0, 0.05) is 11.5 Å². The number of halogens is 1. The molecule has 1 aromatic rings. The predicted molar refractivity (Wildman–Crippen MR) is 66.3 cm³/mol. The van der Waals surface area contributed by atoms with Crippen molar-refractivity contribution in [1.82, 2.24) is 4.31 Å². The summed E-state index contributed by atoms with van der Waals surface area (Å²) in [5.41, 5.74) is 0.779. The Labute approximate surface area is 108 Å². The third kappa shape index (κ3) is 3.52. The molecule has 1 N–H and O–H groups in total. The average molecular weight is 322 g/mol. The van der Waals surface area contributed by atoms with Crippen LogP contribution in [0, 0.1) is 6.92 Å². The molecule has 0 aliphatic rings. The standard InChI is InChI=1S/C10H12BrNO4S/c1-7-3-8(11)5-9(4-7)17(15,16)12(2)6-10(13)14/h3-5H,6H2,1-2H3,(H,13,14). The molecule has 0 saturated carbocycles. The maximum atomic E-state index is 12.0. The van der Waals surface area contributed by atoms with E-state index < -0.39 is 22.5 Å². The monoisotopic (exact) mass is 321 g/mol. The molecule has 94 valence electrons. The summed E-state index contributed by atoms with van der Waals surface area (Å²) in [5, 5.41) is 8.59. The first-order valence-corrected chi connectivity index (χ1v) is 6.92. The van der Waals surface area contributed by atoms with Crippen LogP contribution in [-0.2, 0) is 14.8 Å². The fourth-order valence-electron chi connectivity index (χ4n) is 1.31. The van der Waals surface area contributed by atoms with Gasteiger partial charge in [-0.25, -0.2) is 8.42 Å². The Kier molecular flexibility index (Phi) is 4.29. The number of rotatable bonds is 4. The third-order valence-corrected chi connectivity index (χ3v) is 4.32. The van der Waals surface area contributed by atoms with Gasteiger partial charge in [0.05, 0.1) is 4.90 Å². The third-order valence-electron chi connectivity index (χ3n) is 2.08. The van der Waals surface area contributed by atoms with Crippen molar-refractivity contribution in [1.29, 1.82) is 0 Å². The lowest BCUT2D eigenvalue weighted by atomic mass is 10.2. The molecule has 1 rings (SSSR count). The number of benzene rings is 1. The van der Waals surface area contributed by atoms with E-state index in [0.717, 1.165) is 9.87 Å². The SMILES string of the molecule is Cc1cc(Br)cc(S(=O)(=O)N(C)CC(=O)O)c1. The molecule has 0 atom stereocenters. The first-order valence-electron chi connectivity index (χ1n) is 4.69. The van der Waals surface area contributed by atoms with Gasteiger partial charge in [-0.05, 0) is 30.7 Å². The molecule has 0 aliphatic heterocycles. The van der Waals surface area contributed by atoms with Gasteiger partial charge in [-0.15, -0.1) is 0 Å². The first-order chi connectivity index (χ1) is 7.73. The molecule has 0 fully saturated rings. The van der Waals surface area contributed by atoms with E-state index in [2.05, 4.69) is 15.9 Å². The second-order valence-corrected chi connectivity index (χ2v) is 6.58. The Morgan fingerprint density at radius 2 is 2.00 bits per heavy atom. The second kappa shape index (κ2) is 5.16. The molecule has 0 aromatic heterocycles. The van der Waals surface area contributed by atoms with E-state index >= 15 is 0 Å². The summed E-state index contributed by atoms with van der Waals surface area (Å²) in [5.74, 6) is -1.19. The number of carboxylic acid groups (broad SMARTS) is 1. The van der Waals surface area contributed by atoms with Gasteiger partial charge >= 0.3 is 5.97 Å². The molecule has 17 heavy (non-hydrogen) atoms. The van der Waals surface area contributed by atoms with Crippen molar-refractivity contribution in [2.24, 2.45) is 0 Å². The van der Waals surface area contributed by atoms with Crippen molar-refractivity contribution in [2.45, 2.75) is 11.8 Å². The Bertz CT molecular complexity index is 521. The van der Waals surface area contributed by atoms with Crippen molar-refractivity contribution in [3.63, 3.8) is 0 Å². The summed E-state index contributed by atoms with van der Waals surface area (Å²) in [4.78, 5) is 10.6. The molecule has 0 spiro atoms. The molecule has 5 nitrogen and oxygen atoms in total. The zero-order valence-electron chi connectivity index (χ0n) is 9.34. The van der Waals surface area contributed by atoms with Gasteiger partial charge in [0.25, 0.3) is 0 Å². The molecule has 0 unspecified atom stereocenters. The lowest BCUT2D eigenvalue weighted by molar-refractivity contribution is -0.137. The summed E-state index contributed by atoms with van der Waals surface area (Å²) in [6, 6.07) is 4.72. The van der Waals surface area contributed by atoms with Crippen molar-refractivity contribution in [2.75, 3.05) is 13.6 Å². The summed E-state index contributed by atoms with van der Waals surface area (Å²) >= 11 is 3.21. The van der Waals surface area contributed by atoms with Crippen LogP contribution >= 0.6 is 15.9 Å². The highest BCUT2D eigenvalue weighted by Crippen LogP contribution is 2.21. The van der Waals surface area contributed by atoms with E-state index in [1.807, 2.05) is 0 Å². The summed E-state index contributed by atoms with van der Waals surface area (Å²) in [7, 11) is -2.52. The molecular formula is C10H12BrNO4S. The molecule has 0 heterocycles. The van der Waals surface area contributed by atoms with Crippen molar-refractivity contribution in [3.05, 3.63) is 28.2 Å². The second-order valence-electron chi connectivity index (χ2n) is 3.62. The molecule has 1 aromatic carbocycles. The molecular weight excluding hydrogens is 310 g/mol. The molecule has 0 saturated heterocycles. The minimum atomic E-state index is -3.76. The lowest BCUT2D eigenvalue weighted by Gasteiger charge is -2.15. The Morgan fingerprint density at radius 3 is 2.47 bits per heavy atom. The predicted octanol–water partition coefficient (Wildman–Crippen LogP) is 1.46. The van der Waals surface area contributed by atoms with Crippen LogP contribution in [-0.4, -0.2) is 37.4 Å². The van der Waals surface area contributed by atoms with Gasteiger partial charge in [-0.2, -0.15) is 4.31 Å². The van der Waals surface area contributed by atoms with Gasteiger partial charge in [-0.1, -0.05) is 15.9 Å². The van der Waals surface area contributed by atoms with Crippen LogP contribution in [0.15, 0.2) is 27.6 Å². The van der Waals surface area contributed by atoms with E-state index in [1.54, 1.807) is 13.0 Å². The zero-order valence-corrected chi connectivity index (χ0v) is 11.7. The van der Waals surface area contributed by atoms with Crippen LogP contribution in [0.5, 0.6) is 0 Å². The van der Waals surface area contributed by atoms with Crippen molar-refractivity contribution >= 4 is 31.9 Å². The lowest BCUT2D eigenvalue weighted by Crippen LogP contribution is -2.32. The smallest absolute Gasteiger partial charge is 0.318 e. The molecule has 0 bridgehead atoms. The highest BCUT2D eigenvalue weighted by molar-refractivity contribution is 9.10. The quantitative estimate of drug-likeness (QED) is 0.911. The van der Waals surface area contributed by atoms with Crippen LogP contribution in [0.3, 0.4) is 0 Å². The van der Waals surface area contributed by atoms with E-state index in [4.69, 9.17) is 5.11 Å². The van der Waals surface area contributed by atoms with Gasteiger partial charge in [0.1, 0.15) is 6.54 Å². The number of likely N-dealkylation sites (N-methyl/N-ethyl adjacent to an activating group) is 1. The number of aryl methyl sites for hydroxylation is 1. The van der Waals surface area contributed by atoms with Crippen LogP contribution in [0.25, 0.3) is 0 Å². The Hall–Kier alpha value is -0.920. The average Bonchev–Trinajstić information content (AvgIpc) is 2.14. The summed E-state index contributed by atoms with van der Waals surface area (Å²) < 4.78 is 25.5. The number of carbonyl (C=O) groups is 1. The van der Waals surface area contributed by atoms with Crippen LogP contribution in [0.4, 0.5) is 0 Å². The highest BCUT2D eigenvalue weighted by Gasteiger charge is 2.23. The van der Waals surface area contributed by atoms with E-state index in [-0.39, 0.29) is 4.90 Å². The topological polar surface area (TPSA) is 74.7 Å².